The number of hydrogen-bond donors (Lipinski definition) is 3. The van der Waals surface area contributed by atoms with Crippen LogP contribution in [0.25, 0.3) is 0 Å². The predicted molar refractivity (Wildman–Crippen MR) is 74.0 cm³/mol. The molecule has 0 aliphatic heterocycles. The summed E-state index contributed by atoms with van der Waals surface area (Å²) in [6.45, 7) is 6.57. The molecule has 19 heavy (non-hydrogen) atoms. The average Bonchev–Trinajstić information content (AvgIpc) is 3.05. The molecule has 0 spiro atoms. The van der Waals surface area contributed by atoms with Gasteiger partial charge < -0.3 is 15.7 Å². The lowest BCUT2D eigenvalue weighted by atomic mass is 10.0. The minimum absolute atomic E-state index is 0.0769. The van der Waals surface area contributed by atoms with Crippen LogP contribution >= 0.6 is 0 Å². The molecule has 0 bridgehead atoms. The van der Waals surface area contributed by atoms with Crippen LogP contribution in [0.1, 0.15) is 52.9 Å². The minimum atomic E-state index is -0.754. The first kappa shape index (κ1) is 15.8. The van der Waals surface area contributed by atoms with Gasteiger partial charge in [0.15, 0.2) is 0 Å². The van der Waals surface area contributed by atoms with Crippen molar-refractivity contribution in [2.75, 3.05) is 6.54 Å². The van der Waals surface area contributed by atoms with Gasteiger partial charge in [-0.15, -0.1) is 0 Å². The van der Waals surface area contributed by atoms with Crippen molar-refractivity contribution in [2.45, 2.75) is 58.9 Å². The number of aliphatic carboxylic acids is 1. The maximum absolute atomic E-state index is 11.6. The van der Waals surface area contributed by atoms with Crippen LogP contribution in [0.3, 0.4) is 0 Å². The molecule has 0 radical (unpaired) electrons. The van der Waals surface area contributed by atoms with Gasteiger partial charge in [-0.3, -0.25) is 4.79 Å². The zero-order chi connectivity index (χ0) is 14.5. The van der Waals surface area contributed by atoms with Crippen LogP contribution in [0.15, 0.2) is 0 Å². The minimum Gasteiger partial charge on any atom is -0.481 e. The van der Waals surface area contributed by atoms with Gasteiger partial charge in [0.25, 0.3) is 0 Å². The summed E-state index contributed by atoms with van der Waals surface area (Å²) in [5.74, 6) is -1.06. The van der Waals surface area contributed by atoms with E-state index in [1.807, 2.05) is 6.92 Å². The third-order valence-electron chi connectivity index (χ3n) is 3.85. The summed E-state index contributed by atoms with van der Waals surface area (Å²) >= 11 is 0. The Kier molecular flexibility index (Phi) is 5.63. The van der Waals surface area contributed by atoms with Crippen LogP contribution in [-0.4, -0.2) is 29.7 Å². The van der Waals surface area contributed by atoms with Crippen LogP contribution < -0.4 is 10.6 Å². The third kappa shape index (κ3) is 6.45. The van der Waals surface area contributed by atoms with Crippen LogP contribution in [-0.2, 0) is 4.79 Å². The van der Waals surface area contributed by atoms with Gasteiger partial charge >= 0.3 is 12.0 Å². The standard InChI is InChI=1S/C14H26N2O3/c1-10(12(17)18)5-4-6-11(2)16-13(19)15-9-14(3)7-8-14/h10-11H,4-9H2,1-3H3,(H,17,18)(H2,15,16,19). The molecule has 0 aromatic rings. The van der Waals surface area contributed by atoms with Crippen molar-refractivity contribution in [1.82, 2.24) is 10.6 Å². The first-order chi connectivity index (χ1) is 8.82. The Morgan fingerprint density at radius 1 is 1.26 bits per heavy atom. The number of nitrogens with one attached hydrogen (secondary N) is 2. The molecule has 1 aliphatic rings. The number of urea groups is 1. The summed E-state index contributed by atoms with van der Waals surface area (Å²) in [6, 6.07) is -0.0417. The maximum atomic E-state index is 11.6. The molecule has 3 N–H and O–H groups in total. The lowest BCUT2D eigenvalue weighted by Crippen LogP contribution is -2.42. The molecule has 0 heterocycles. The van der Waals surface area contributed by atoms with Crippen molar-refractivity contribution in [1.29, 1.82) is 0 Å². The van der Waals surface area contributed by atoms with E-state index in [9.17, 15) is 9.59 Å². The van der Waals surface area contributed by atoms with E-state index in [0.29, 0.717) is 11.8 Å². The van der Waals surface area contributed by atoms with E-state index in [1.54, 1.807) is 6.92 Å². The molecule has 1 aliphatic carbocycles. The van der Waals surface area contributed by atoms with Crippen LogP contribution in [0.4, 0.5) is 4.79 Å². The summed E-state index contributed by atoms with van der Waals surface area (Å²) in [4.78, 5) is 22.3. The normalized spacial score (nSPS) is 19.3. The fraction of sp³-hybridized carbons (Fsp3) is 0.857. The van der Waals surface area contributed by atoms with Crippen molar-refractivity contribution in [3.05, 3.63) is 0 Å². The number of carboxylic acid groups (broad SMARTS) is 1. The summed E-state index contributed by atoms with van der Waals surface area (Å²) in [5, 5.41) is 14.5. The topological polar surface area (TPSA) is 78.4 Å². The lowest BCUT2D eigenvalue weighted by molar-refractivity contribution is -0.141. The Bertz CT molecular complexity index is 327. The maximum Gasteiger partial charge on any atom is 0.315 e. The molecule has 2 amide bonds. The second-order valence-electron chi connectivity index (χ2n) is 6.21. The van der Waals surface area contributed by atoms with Gasteiger partial charge in [-0.1, -0.05) is 20.3 Å². The highest BCUT2D eigenvalue weighted by Crippen LogP contribution is 2.43. The smallest absolute Gasteiger partial charge is 0.315 e. The van der Waals surface area contributed by atoms with E-state index < -0.39 is 5.97 Å². The van der Waals surface area contributed by atoms with Gasteiger partial charge in [-0.25, -0.2) is 4.79 Å². The van der Waals surface area contributed by atoms with Gasteiger partial charge in [0, 0.05) is 12.6 Å². The van der Waals surface area contributed by atoms with E-state index in [-0.39, 0.29) is 18.0 Å². The Labute approximate surface area is 115 Å². The van der Waals surface area contributed by atoms with E-state index in [2.05, 4.69) is 17.6 Å². The fourth-order valence-electron chi connectivity index (χ4n) is 1.88. The molecule has 110 valence electrons. The highest BCUT2D eigenvalue weighted by atomic mass is 16.4. The van der Waals surface area contributed by atoms with Crippen molar-refractivity contribution >= 4 is 12.0 Å². The van der Waals surface area contributed by atoms with E-state index in [0.717, 1.165) is 19.4 Å². The molecule has 2 unspecified atom stereocenters. The highest BCUT2D eigenvalue weighted by Gasteiger charge is 2.37. The van der Waals surface area contributed by atoms with E-state index in [4.69, 9.17) is 5.11 Å². The quantitative estimate of drug-likeness (QED) is 0.633. The van der Waals surface area contributed by atoms with E-state index >= 15 is 0 Å². The molecule has 1 rings (SSSR count). The van der Waals surface area contributed by atoms with Crippen molar-refractivity contribution in [3.8, 4) is 0 Å². The Hall–Kier alpha value is -1.26. The first-order valence-electron chi connectivity index (χ1n) is 7.09. The van der Waals surface area contributed by atoms with Gasteiger partial charge in [-0.05, 0) is 38.0 Å². The SMILES string of the molecule is CC(CCCC(C)C(=O)O)NC(=O)NCC1(C)CC1. The lowest BCUT2D eigenvalue weighted by Gasteiger charge is -2.16. The highest BCUT2D eigenvalue weighted by molar-refractivity contribution is 5.74. The Morgan fingerprint density at radius 3 is 2.42 bits per heavy atom. The number of hydrogen-bond acceptors (Lipinski definition) is 2. The van der Waals surface area contributed by atoms with Gasteiger partial charge in [0.05, 0.1) is 5.92 Å². The zero-order valence-corrected chi connectivity index (χ0v) is 12.2. The van der Waals surface area contributed by atoms with Crippen molar-refractivity contribution in [2.24, 2.45) is 11.3 Å². The van der Waals surface area contributed by atoms with Crippen molar-refractivity contribution < 1.29 is 14.7 Å². The molecule has 0 aromatic carbocycles. The van der Waals surface area contributed by atoms with Crippen LogP contribution in [0.5, 0.6) is 0 Å². The van der Waals surface area contributed by atoms with Crippen molar-refractivity contribution in [3.63, 3.8) is 0 Å². The summed E-state index contributed by atoms with van der Waals surface area (Å²) in [5.41, 5.74) is 0.317. The monoisotopic (exact) mass is 270 g/mol. The largest absolute Gasteiger partial charge is 0.481 e. The molecule has 1 fully saturated rings. The summed E-state index contributed by atoms with van der Waals surface area (Å²) in [6.07, 6.45) is 4.65. The number of amides is 2. The van der Waals surface area contributed by atoms with Crippen LogP contribution in [0, 0.1) is 11.3 Å². The van der Waals surface area contributed by atoms with E-state index in [1.165, 1.54) is 12.8 Å². The number of rotatable bonds is 8. The second-order valence-corrected chi connectivity index (χ2v) is 6.21. The predicted octanol–water partition coefficient (Wildman–Crippen LogP) is 2.37. The molecule has 2 atom stereocenters. The summed E-state index contributed by atoms with van der Waals surface area (Å²) < 4.78 is 0. The first-order valence-corrected chi connectivity index (χ1v) is 7.09. The molecule has 1 saturated carbocycles. The van der Waals surface area contributed by atoms with Gasteiger partial charge in [-0.2, -0.15) is 0 Å². The Morgan fingerprint density at radius 2 is 1.89 bits per heavy atom. The van der Waals surface area contributed by atoms with Crippen LogP contribution in [0.2, 0.25) is 0 Å². The number of carbonyl (C=O) groups is 2. The molecule has 5 nitrogen and oxygen atoms in total. The molecular weight excluding hydrogens is 244 g/mol. The Balaban J connectivity index is 2.07. The molecule has 0 saturated heterocycles. The zero-order valence-electron chi connectivity index (χ0n) is 12.2. The number of carboxylic acids is 1. The number of carbonyl (C=O) groups excluding carboxylic acids is 1. The summed E-state index contributed by atoms with van der Waals surface area (Å²) in [7, 11) is 0. The van der Waals surface area contributed by atoms with Gasteiger partial charge in [0.1, 0.15) is 0 Å². The fourth-order valence-corrected chi connectivity index (χ4v) is 1.88. The second kappa shape index (κ2) is 6.78. The third-order valence-corrected chi connectivity index (χ3v) is 3.85. The van der Waals surface area contributed by atoms with Gasteiger partial charge in [0.2, 0.25) is 0 Å². The molecule has 0 aromatic heterocycles. The average molecular weight is 270 g/mol. The molecule has 5 heteroatoms. The molecular formula is C14H26N2O3.